The summed E-state index contributed by atoms with van der Waals surface area (Å²) in [6.07, 6.45) is 9.61. The number of fused-ring (bicyclic) bond motifs is 1. The molecule has 2 unspecified atom stereocenters. The molecule has 1 saturated carbocycles. The summed E-state index contributed by atoms with van der Waals surface area (Å²) >= 11 is 0. The van der Waals surface area contributed by atoms with E-state index in [4.69, 9.17) is 9.98 Å². The average Bonchev–Trinajstić information content (AvgIpc) is 3.15. The molecule has 0 aromatic carbocycles. The van der Waals surface area contributed by atoms with E-state index in [-0.39, 0.29) is 29.7 Å². The fourth-order valence-electron chi connectivity index (χ4n) is 3.43. The number of aromatic hydroxyl groups is 1. The minimum absolute atomic E-state index is 0.173. The zero-order valence-corrected chi connectivity index (χ0v) is 15.5. The number of H-pyrrole nitrogens is 2. The first kappa shape index (κ1) is 16.7. The summed E-state index contributed by atoms with van der Waals surface area (Å²) in [5.74, 6) is 0.353. The number of rotatable bonds is 3. The van der Waals surface area contributed by atoms with E-state index in [9.17, 15) is 9.90 Å². The Morgan fingerprint density at radius 2 is 1.96 bits per heavy atom. The van der Waals surface area contributed by atoms with Crippen molar-refractivity contribution in [2.75, 3.05) is 4.90 Å². The van der Waals surface area contributed by atoms with E-state index in [1.807, 2.05) is 0 Å². The summed E-state index contributed by atoms with van der Waals surface area (Å²) in [6, 6.07) is 0.623. The van der Waals surface area contributed by atoms with Crippen LogP contribution in [0.15, 0.2) is 28.1 Å². The Hall–Kier alpha value is -3.43. The highest BCUT2D eigenvalue weighted by Crippen LogP contribution is 2.23. The van der Waals surface area contributed by atoms with Gasteiger partial charge in [-0.05, 0) is 32.8 Å². The number of nitrogens with zero attached hydrogens (tertiary/aromatic N) is 6. The molecule has 0 saturated heterocycles. The number of anilines is 1. The van der Waals surface area contributed by atoms with Crippen molar-refractivity contribution >= 4 is 17.7 Å². The zero-order valence-electron chi connectivity index (χ0n) is 15.5. The second-order valence-corrected chi connectivity index (χ2v) is 7.28. The molecule has 0 spiro atoms. The molecule has 10 heteroatoms. The van der Waals surface area contributed by atoms with E-state index < -0.39 is 5.69 Å². The fraction of sp³-hybridized carbons (Fsp3) is 0.389. The molecule has 0 bridgehead atoms. The molecule has 1 aliphatic carbocycles. The van der Waals surface area contributed by atoms with Crippen LogP contribution in [0.3, 0.4) is 0 Å². The van der Waals surface area contributed by atoms with Crippen LogP contribution >= 0.6 is 0 Å². The molecule has 4 heterocycles. The van der Waals surface area contributed by atoms with Crippen molar-refractivity contribution in [2.24, 2.45) is 4.99 Å². The molecule has 1 fully saturated rings. The highest BCUT2D eigenvalue weighted by atomic mass is 16.3. The second-order valence-electron chi connectivity index (χ2n) is 7.28. The Morgan fingerprint density at radius 3 is 2.61 bits per heavy atom. The van der Waals surface area contributed by atoms with Crippen molar-refractivity contribution in [3.05, 3.63) is 45.4 Å². The molecule has 2 atom stereocenters. The van der Waals surface area contributed by atoms with Crippen LogP contribution in [0, 0.1) is 0 Å². The van der Waals surface area contributed by atoms with E-state index in [2.05, 4.69) is 51.0 Å². The SMILES string of the molecule is CC1C=CC(C)N1c1nc(=NC2CC2)n2ncc(=Cc3[nH]c(=O)[nH]c3O)c2n1. The lowest BCUT2D eigenvalue weighted by atomic mass is 10.3. The van der Waals surface area contributed by atoms with Gasteiger partial charge in [0.15, 0.2) is 5.65 Å². The van der Waals surface area contributed by atoms with Crippen LogP contribution in [0.5, 0.6) is 5.88 Å². The fourth-order valence-corrected chi connectivity index (χ4v) is 3.43. The number of hydrogen-bond acceptors (Lipinski definition) is 7. The van der Waals surface area contributed by atoms with E-state index in [0.29, 0.717) is 22.4 Å². The minimum Gasteiger partial charge on any atom is -0.493 e. The molecule has 3 aromatic heterocycles. The van der Waals surface area contributed by atoms with E-state index in [0.717, 1.165) is 12.8 Å². The Bertz CT molecular complexity index is 1250. The average molecular weight is 380 g/mol. The van der Waals surface area contributed by atoms with Gasteiger partial charge in [-0.25, -0.2) is 9.79 Å². The summed E-state index contributed by atoms with van der Waals surface area (Å²) in [5.41, 5.74) is 0.869. The highest BCUT2D eigenvalue weighted by molar-refractivity contribution is 5.57. The first-order valence-electron chi connectivity index (χ1n) is 9.29. The number of imidazole rings is 1. The quantitative estimate of drug-likeness (QED) is 0.531. The predicted octanol–water partition coefficient (Wildman–Crippen LogP) is -0.390. The third-order valence-corrected chi connectivity index (χ3v) is 5.02. The number of nitrogens with one attached hydrogen (secondary N) is 2. The topological polar surface area (TPSA) is 128 Å². The van der Waals surface area contributed by atoms with Gasteiger partial charge in [0, 0.05) is 17.3 Å². The summed E-state index contributed by atoms with van der Waals surface area (Å²) in [6.45, 7) is 4.19. The van der Waals surface area contributed by atoms with Crippen molar-refractivity contribution < 1.29 is 5.11 Å². The van der Waals surface area contributed by atoms with Crippen LogP contribution in [0.1, 0.15) is 32.4 Å². The van der Waals surface area contributed by atoms with Crippen molar-refractivity contribution in [1.82, 2.24) is 29.5 Å². The first-order chi connectivity index (χ1) is 13.5. The van der Waals surface area contributed by atoms with Gasteiger partial charge in [0.2, 0.25) is 11.8 Å². The molecule has 28 heavy (non-hydrogen) atoms. The van der Waals surface area contributed by atoms with Crippen LogP contribution in [0.4, 0.5) is 5.95 Å². The first-order valence-corrected chi connectivity index (χ1v) is 9.29. The Kier molecular flexibility index (Phi) is 3.61. The van der Waals surface area contributed by atoms with Crippen LogP contribution in [-0.2, 0) is 0 Å². The van der Waals surface area contributed by atoms with Gasteiger partial charge in [0.1, 0.15) is 5.69 Å². The molecule has 144 valence electrons. The van der Waals surface area contributed by atoms with Crippen LogP contribution in [-0.4, -0.2) is 52.8 Å². The summed E-state index contributed by atoms with van der Waals surface area (Å²) < 4.78 is 1.61. The molecule has 0 radical (unpaired) electrons. The molecule has 3 N–H and O–H groups in total. The normalized spacial score (nSPS) is 23.4. The summed E-state index contributed by atoms with van der Waals surface area (Å²) in [5, 5.41) is 14.9. The van der Waals surface area contributed by atoms with Crippen molar-refractivity contribution in [2.45, 2.75) is 44.8 Å². The Morgan fingerprint density at radius 1 is 1.21 bits per heavy atom. The third kappa shape index (κ3) is 2.77. The van der Waals surface area contributed by atoms with Gasteiger partial charge in [-0.3, -0.25) is 4.98 Å². The Labute approximate surface area is 159 Å². The van der Waals surface area contributed by atoms with Gasteiger partial charge in [0.05, 0.1) is 12.2 Å². The largest absolute Gasteiger partial charge is 0.493 e. The van der Waals surface area contributed by atoms with Gasteiger partial charge >= 0.3 is 5.69 Å². The van der Waals surface area contributed by atoms with Crippen LogP contribution in [0.25, 0.3) is 11.7 Å². The number of aromatic nitrogens is 6. The standard InChI is InChI=1S/C18H20N8O2/c1-9-3-4-10(2)25(9)16-22-14-11(7-13-15(27)23-18(28)21-13)8-19-26(14)17(24-16)20-12-5-6-12/h3-4,7-10,12,27H,5-6H2,1-2H3,(H2,21,23,28). The van der Waals surface area contributed by atoms with Crippen LogP contribution < -0.4 is 21.4 Å². The maximum absolute atomic E-state index is 11.4. The monoisotopic (exact) mass is 380 g/mol. The number of aromatic amines is 2. The molecular formula is C18H20N8O2. The van der Waals surface area contributed by atoms with Crippen molar-refractivity contribution in [3.8, 4) is 5.88 Å². The maximum Gasteiger partial charge on any atom is 0.326 e. The second kappa shape index (κ2) is 6.04. The molecule has 3 aromatic rings. The lowest BCUT2D eigenvalue weighted by Gasteiger charge is -2.26. The minimum atomic E-state index is -0.481. The number of hydrogen-bond donors (Lipinski definition) is 3. The van der Waals surface area contributed by atoms with E-state index >= 15 is 0 Å². The molecule has 0 amide bonds. The predicted molar refractivity (Wildman–Crippen MR) is 102 cm³/mol. The molecule has 1 aliphatic heterocycles. The molecule has 5 rings (SSSR count). The van der Waals surface area contributed by atoms with E-state index in [1.54, 1.807) is 16.8 Å². The van der Waals surface area contributed by atoms with E-state index in [1.165, 1.54) is 0 Å². The van der Waals surface area contributed by atoms with Gasteiger partial charge in [-0.15, -0.1) is 0 Å². The van der Waals surface area contributed by atoms with Gasteiger partial charge in [0.25, 0.3) is 5.62 Å². The lowest BCUT2D eigenvalue weighted by Crippen LogP contribution is -2.37. The maximum atomic E-state index is 11.4. The van der Waals surface area contributed by atoms with Crippen molar-refractivity contribution in [3.63, 3.8) is 0 Å². The van der Waals surface area contributed by atoms with Gasteiger partial charge < -0.3 is 15.0 Å². The zero-order chi connectivity index (χ0) is 19.4. The molecule has 10 nitrogen and oxygen atoms in total. The summed E-state index contributed by atoms with van der Waals surface area (Å²) in [7, 11) is 0. The van der Waals surface area contributed by atoms with Gasteiger partial charge in [-0.1, -0.05) is 12.2 Å². The highest BCUT2D eigenvalue weighted by Gasteiger charge is 2.26. The molecule has 2 aliphatic rings. The Balaban J connectivity index is 1.75. The molecular weight excluding hydrogens is 360 g/mol. The summed E-state index contributed by atoms with van der Waals surface area (Å²) in [4.78, 5) is 32.5. The third-order valence-electron chi connectivity index (χ3n) is 5.02. The van der Waals surface area contributed by atoms with Crippen LogP contribution in [0.2, 0.25) is 0 Å². The van der Waals surface area contributed by atoms with Gasteiger partial charge in [-0.2, -0.15) is 19.6 Å². The smallest absolute Gasteiger partial charge is 0.326 e. The van der Waals surface area contributed by atoms with Crippen molar-refractivity contribution in [1.29, 1.82) is 0 Å². The lowest BCUT2D eigenvalue weighted by molar-refractivity contribution is 0.454.